The van der Waals surface area contributed by atoms with Crippen molar-refractivity contribution < 1.29 is 4.79 Å². The Morgan fingerprint density at radius 2 is 1.81 bits per heavy atom. The molecule has 0 amide bonds. The average Bonchev–Trinajstić information content (AvgIpc) is 2.38. The predicted molar refractivity (Wildman–Crippen MR) is 56.8 cm³/mol. The molecule has 16 heavy (non-hydrogen) atoms. The van der Waals surface area contributed by atoms with E-state index in [9.17, 15) is 4.79 Å². The third-order valence-electron chi connectivity index (χ3n) is 1.87. The summed E-state index contributed by atoms with van der Waals surface area (Å²) in [4.78, 5) is 26.1. The Morgan fingerprint density at radius 1 is 1.12 bits per heavy atom. The van der Waals surface area contributed by atoms with E-state index in [4.69, 9.17) is 0 Å². The van der Waals surface area contributed by atoms with Gasteiger partial charge >= 0.3 is 0 Å². The van der Waals surface area contributed by atoms with Crippen LogP contribution < -0.4 is 5.32 Å². The van der Waals surface area contributed by atoms with Gasteiger partial charge in [-0.1, -0.05) is 0 Å². The fourth-order valence-electron chi connectivity index (χ4n) is 1.09. The van der Waals surface area contributed by atoms with Crippen LogP contribution >= 0.6 is 0 Å². The minimum atomic E-state index is 0.452. The first kappa shape index (κ1) is 10.2. The van der Waals surface area contributed by atoms with Crippen LogP contribution in [0, 0.1) is 0 Å². The van der Waals surface area contributed by atoms with E-state index in [1.54, 1.807) is 12.4 Å². The van der Waals surface area contributed by atoms with Gasteiger partial charge in [0.15, 0.2) is 6.29 Å². The summed E-state index contributed by atoms with van der Waals surface area (Å²) >= 11 is 0. The Morgan fingerprint density at radius 3 is 2.44 bits per heavy atom. The van der Waals surface area contributed by atoms with Gasteiger partial charge < -0.3 is 5.32 Å². The van der Waals surface area contributed by atoms with E-state index in [-0.39, 0.29) is 0 Å². The maximum absolute atomic E-state index is 10.4. The number of carbonyl (C=O) groups excluding carboxylic acids is 1. The number of hydrogen-bond donors (Lipinski definition) is 1. The molecule has 80 valence electrons. The van der Waals surface area contributed by atoms with E-state index in [1.165, 1.54) is 18.7 Å². The molecule has 0 bridgehead atoms. The molecule has 6 heteroatoms. The molecule has 0 fully saturated rings. The molecule has 2 aromatic heterocycles. The summed E-state index contributed by atoms with van der Waals surface area (Å²) in [5.41, 5.74) is 1.39. The second-order valence-electron chi connectivity index (χ2n) is 3.06. The lowest BCUT2D eigenvalue weighted by Gasteiger charge is -2.03. The van der Waals surface area contributed by atoms with E-state index in [2.05, 4.69) is 25.3 Å². The van der Waals surface area contributed by atoms with Gasteiger partial charge in [-0.25, -0.2) is 19.9 Å². The van der Waals surface area contributed by atoms with Gasteiger partial charge in [-0.15, -0.1) is 0 Å². The van der Waals surface area contributed by atoms with Crippen LogP contribution in [0.1, 0.15) is 15.9 Å². The summed E-state index contributed by atoms with van der Waals surface area (Å²) in [5.74, 6) is 0.467. The molecule has 0 atom stereocenters. The van der Waals surface area contributed by atoms with E-state index in [0.717, 1.165) is 5.56 Å². The standard InChI is InChI=1S/C10H9N5O/c16-6-9-4-14-10(15-5-9)13-3-8-1-11-7-12-2-8/h1-2,4-7H,3H2,(H,13,14,15). The van der Waals surface area contributed by atoms with Crippen LogP contribution in [-0.4, -0.2) is 26.2 Å². The molecule has 0 aliphatic heterocycles. The van der Waals surface area contributed by atoms with Gasteiger partial charge in [-0.2, -0.15) is 0 Å². The number of nitrogens with one attached hydrogen (secondary N) is 1. The third kappa shape index (κ3) is 2.57. The van der Waals surface area contributed by atoms with Gasteiger partial charge in [0, 0.05) is 36.9 Å². The van der Waals surface area contributed by atoms with E-state index >= 15 is 0 Å². The fraction of sp³-hybridized carbons (Fsp3) is 0.100. The number of aromatic nitrogens is 4. The Bertz CT molecular complexity index is 456. The zero-order valence-corrected chi connectivity index (χ0v) is 8.37. The molecule has 0 saturated heterocycles. The van der Waals surface area contributed by atoms with Gasteiger partial charge in [0.25, 0.3) is 0 Å². The SMILES string of the molecule is O=Cc1cnc(NCc2cncnc2)nc1. The zero-order chi connectivity index (χ0) is 11.2. The zero-order valence-electron chi connectivity index (χ0n) is 8.37. The van der Waals surface area contributed by atoms with Crippen molar-refractivity contribution in [3.63, 3.8) is 0 Å². The van der Waals surface area contributed by atoms with E-state index in [1.807, 2.05) is 0 Å². The first-order valence-electron chi connectivity index (χ1n) is 4.63. The van der Waals surface area contributed by atoms with Gasteiger partial charge in [-0.05, 0) is 0 Å². The van der Waals surface area contributed by atoms with Crippen molar-refractivity contribution in [2.24, 2.45) is 0 Å². The van der Waals surface area contributed by atoms with Crippen molar-refractivity contribution in [2.45, 2.75) is 6.54 Å². The Labute approximate surface area is 91.8 Å². The number of anilines is 1. The quantitative estimate of drug-likeness (QED) is 0.756. The molecule has 1 N–H and O–H groups in total. The third-order valence-corrected chi connectivity index (χ3v) is 1.87. The highest BCUT2D eigenvalue weighted by atomic mass is 16.1. The molecular formula is C10H9N5O. The van der Waals surface area contributed by atoms with Crippen LogP contribution in [0.5, 0.6) is 0 Å². The van der Waals surface area contributed by atoms with Crippen molar-refractivity contribution in [1.29, 1.82) is 0 Å². The van der Waals surface area contributed by atoms with Gasteiger partial charge in [0.05, 0.1) is 5.56 Å². The highest BCUT2D eigenvalue weighted by molar-refractivity contribution is 5.73. The smallest absolute Gasteiger partial charge is 0.222 e. The fourth-order valence-corrected chi connectivity index (χ4v) is 1.09. The van der Waals surface area contributed by atoms with Crippen molar-refractivity contribution in [2.75, 3.05) is 5.32 Å². The molecular weight excluding hydrogens is 206 g/mol. The average molecular weight is 215 g/mol. The van der Waals surface area contributed by atoms with Gasteiger partial charge in [0.1, 0.15) is 6.33 Å². The monoisotopic (exact) mass is 215 g/mol. The Hall–Kier alpha value is -2.37. The number of aldehydes is 1. The molecule has 0 unspecified atom stereocenters. The lowest BCUT2D eigenvalue weighted by atomic mass is 10.3. The molecule has 0 aromatic carbocycles. The van der Waals surface area contributed by atoms with Crippen LogP contribution in [0.3, 0.4) is 0 Å². The van der Waals surface area contributed by atoms with Crippen molar-refractivity contribution in [1.82, 2.24) is 19.9 Å². The Balaban J connectivity index is 1.97. The number of hydrogen-bond acceptors (Lipinski definition) is 6. The molecule has 0 saturated carbocycles. The molecule has 0 spiro atoms. The maximum Gasteiger partial charge on any atom is 0.222 e. The van der Waals surface area contributed by atoms with Gasteiger partial charge in [-0.3, -0.25) is 4.79 Å². The maximum atomic E-state index is 10.4. The second kappa shape index (κ2) is 4.92. The predicted octanol–water partition coefficient (Wildman–Crippen LogP) is 0.691. The summed E-state index contributed by atoms with van der Waals surface area (Å²) in [6.07, 6.45) is 8.51. The summed E-state index contributed by atoms with van der Waals surface area (Å²) < 4.78 is 0. The van der Waals surface area contributed by atoms with E-state index < -0.39 is 0 Å². The molecule has 0 aliphatic carbocycles. The molecule has 6 nitrogen and oxygen atoms in total. The highest BCUT2D eigenvalue weighted by Crippen LogP contribution is 2.01. The lowest BCUT2D eigenvalue weighted by Crippen LogP contribution is -2.04. The van der Waals surface area contributed by atoms with E-state index in [0.29, 0.717) is 24.3 Å². The molecule has 2 rings (SSSR count). The number of rotatable bonds is 4. The number of nitrogens with zero attached hydrogens (tertiary/aromatic N) is 4. The van der Waals surface area contributed by atoms with Crippen LogP contribution in [0.2, 0.25) is 0 Å². The lowest BCUT2D eigenvalue weighted by molar-refractivity contribution is 0.112. The summed E-state index contributed by atoms with van der Waals surface area (Å²) in [6.45, 7) is 0.543. The first-order valence-corrected chi connectivity index (χ1v) is 4.63. The summed E-state index contributed by atoms with van der Waals surface area (Å²) in [7, 11) is 0. The van der Waals surface area contributed by atoms with Crippen LogP contribution in [0.4, 0.5) is 5.95 Å². The van der Waals surface area contributed by atoms with Crippen molar-refractivity contribution in [3.05, 3.63) is 42.2 Å². The molecule has 2 aromatic rings. The van der Waals surface area contributed by atoms with Crippen LogP contribution in [0.15, 0.2) is 31.1 Å². The summed E-state index contributed by atoms with van der Waals surface area (Å²) in [5, 5.41) is 2.99. The molecule has 0 radical (unpaired) electrons. The largest absolute Gasteiger partial charge is 0.350 e. The van der Waals surface area contributed by atoms with Gasteiger partial charge in [0.2, 0.25) is 5.95 Å². The van der Waals surface area contributed by atoms with Crippen molar-refractivity contribution in [3.8, 4) is 0 Å². The minimum Gasteiger partial charge on any atom is -0.350 e. The minimum absolute atomic E-state index is 0.452. The van der Waals surface area contributed by atoms with Crippen molar-refractivity contribution >= 4 is 12.2 Å². The van der Waals surface area contributed by atoms with Crippen LogP contribution in [-0.2, 0) is 6.54 Å². The molecule has 2 heterocycles. The van der Waals surface area contributed by atoms with Crippen LogP contribution in [0.25, 0.3) is 0 Å². The topological polar surface area (TPSA) is 80.7 Å². The normalized spacial score (nSPS) is 9.75. The second-order valence-corrected chi connectivity index (χ2v) is 3.06. The number of carbonyl (C=O) groups is 1. The summed E-state index contributed by atoms with van der Waals surface area (Å²) in [6, 6.07) is 0. The highest BCUT2D eigenvalue weighted by Gasteiger charge is 1.97. The first-order chi connectivity index (χ1) is 7.88. The molecule has 0 aliphatic rings. The Kier molecular flexibility index (Phi) is 3.12.